The largest absolute Gasteiger partial charge is 0.310 e. The molecule has 0 aromatic heterocycles. The predicted molar refractivity (Wildman–Crippen MR) is 74.4 cm³/mol. The molecule has 102 valence electrons. The Balaban J connectivity index is 2.72. The molecule has 0 aliphatic rings. The molecule has 1 N–H and O–H groups in total. The van der Waals surface area contributed by atoms with Gasteiger partial charge in [0.25, 0.3) is 0 Å². The maximum Gasteiger partial charge on any atom is 0.144 e. The van der Waals surface area contributed by atoms with Crippen LogP contribution < -0.4 is 5.32 Å². The number of halogens is 3. The fourth-order valence-electron chi connectivity index (χ4n) is 2.16. The lowest BCUT2D eigenvalue weighted by Crippen LogP contribution is -2.33. The minimum absolute atomic E-state index is 0.0992. The van der Waals surface area contributed by atoms with Crippen LogP contribution in [0.1, 0.15) is 39.2 Å². The van der Waals surface area contributed by atoms with Crippen molar-refractivity contribution >= 4 is 15.9 Å². The molecule has 0 aliphatic heterocycles. The van der Waals surface area contributed by atoms with E-state index in [2.05, 4.69) is 42.0 Å². The molecule has 1 unspecified atom stereocenters. The van der Waals surface area contributed by atoms with Gasteiger partial charge in [-0.05, 0) is 40.9 Å². The van der Waals surface area contributed by atoms with Crippen molar-refractivity contribution in [3.05, 3.63) is 33.8 Å². The third kappa shape index (κ3) is 3.75. The van der Waals surface area contributed by atoms with Gasteiger partial charge < -0.3 is 5.32 Å². The second-order valence-corrected chi connectivity index (χ2v) is 5.42. The van der Waals surface area contributed by atoms with Crippen LogP contribution in [-0.2, 0) is 6.54 Å². The van der Waals surface area contributed by atoms with Crippen LogP contribution in [0.5, 0.6) is 0 Å². The van der Waals surface area contributed by atoms with Crippen molar-refractivity contribution in [1.82, 2.24) is 5.32 Å². The van der Waals surface area contributed by atoms with Crippen LogP contribution in [0.25, 0.3) is 0 Å². The summed E-state index contributed by atoms with van der Waals surface area (Å²) in [7, 11) is 0. The minimum Gasteiger partial charge on any atom is -0.310 e. The van der Waals surface area contributed by atoms with Crippen molar-refractivity contribution in [2.45, 2.75) is 46.2 Å². The molecule has 1 atom stereocenters. The third-order valence-electron chi connectivity index (χ3n) is 3.50. The number of nitrogens with one attached hydrogen (secondary N) is 1. The highest BCUT2D eigenvalue weighted by molar-refractivity contribution is 9.10. The Labute approximate surface area is 116 Å². The maximum absolute atomic E-state index is 13.8. The van der Waals surface area contributed by atoms with Gasteiger partial charge in [0.2, 0.25) is 0 Å². The quantitative estimate of drug-likeness (QED) is 0.753. The maximum atomic E-state index is 13.8. The van der Waals surface area contributed by atoms with Crippen LogP contribution in [0, 0.1) is 17.6 Å². The predicted octanol–water partition coefficient (Wildman–Crippen LogP) is 4.64. The molecule has 0 aliphatic carbocycles. The number of rotatable bonds is 6. The first kappa shape index (κ1) is 15.6. The van der Waals surface area contributed by atoms with Gasteiger partial charge in [0, 0.05) is 18.2 Å². The highest BCUT2D eigenvalue weighted by Crippen LogP contribution is 2.22. The molecule has 1 aromatic rings. The summed E-state index contributed by atoms with van der Waals surface area (Å²) in [5.41, 5.74) is 0.0992. The summed E-state index contributed by atoms with van der Waals surface area (Å²) in [4.78, 5) is 0. The minimum atomic E-state index is -0.515. The molecule has 0 saturated heterocycles. The molecule has 0 saturated carbocycles. The van der Waals surface area contributed by atoms with Crippen molar-refractivity contribution in [3.63, 3.8) is 0 Å². The zero-order chi connectivity index (χ0) is 13.7. The van der Waals surface area contributed by atoms with E-state index in [1.807, 2.05) is 0 Å². The molecule has 0 bridgehead atoms. The Bertz CT molecular complexity index is 392. The van der Waals surface area contributed by atoms with E-state index >= 15 is 0 Å². The lowest BCUT2D eigenvalue weighted by atomic mass is 9.95. The monoisotopic (exact) mass is 319 g/mol. The van der Waals surface area contributed by atoms with E-state index in [-0.39, 0.29) is 18.2 Å². The Kier molecular flexibility index (Phi) is 6.22. The Morgan fingerprint density at radius 1 is 1.22 bits per heavy atom. The number of hydrogen-bond donors (Lipinski definition) is 1. The van der Waals surface area contributed by atoms with Gasteiger partial charge in [-0.15, -0.1) is 0 Å². The van der Waals surface area contributed by atoms with E-state index < -0.39 is 11.6 Å². The van der Waals surface area contributed by atoms with Crippen LogP contribution in [0.3, 0.4) is 0 Å². The summed E-state index contributed by atoms with van der Waals surface area (Å²) >= 11 is 3.07. The Morgan fingerprint density at radius 3 is 2.39 bits per heavy atom. The van der Waals surface area contributed by atoms with E-state index in [0.717, 1.165) is 12.8 Å². The average Bonchev–Trinajstić information content (AvgIpc) is 2.35. The third-order valence-corrected chi connectivity index (χ3v) is 4.11. The molecular weight excluding hydrogens is 300 g/mol. The molecule has 0 radical (unpaired) electrons. The fourth-order valence-corrected chi connectivity index (χ4v) is 2.53. The standard InChI is InChI=1S/C14H20BrF2N/c1-4-10(5-2)9(3)18-8-11-13(16)7-6-12(15)14(11)17/h6-7,9-10,18H,4-5,8H2,1-3H3. The van der Waals surface area contributed by atoms with Gasteiger partial charge in [-0.2, -0.15) is 0 Å². The van der Waals surface area contributed by atoms with Crippen LogP contribution in [0.15, 0.2) is 16.6 Å². The summed E-state index contributed by atoms with van der Waals surface area (Å²) in [5, 5.41) is 3.21. The van der Waals surface area contributed by atoms with Gasteiger partial charge in [0.1, 0.15) is 11.6 Å². The summed E-state index contributed by atoms with van der Waals surface area (Å²) in [5.74, 6) is -0.484. The molecule has 18 heavy (non-hydrogen) atoms. The molecule has 1 nitrogen and oxygen atoms in total. The van der Waals surface area contributed by atoms with Crippen molar-refractivity contribution in [1.29, 1.82) is 0 Å². The van der Waals surface area contributed by atoms with Gasteiger partial charge in [0.15, 0.2) is 0 Å². The molecule has 0 fully saturated rings. The highest BCUT2D eigenvalue weighted by Gasteiger charge is 2.16. The van der Waals surface area contributed by atoms with Crippen molar-refractivity contribution in [2.24, 2.45) is 5.92 Å². The normalized spacial score (nSPS) is 13.1. The van der Waals surface area contributed by atoms with Gasteiger partial charge >= 0.3 is 0 Å². The molecule has 1 rings (SSSR count). The number of benzene rings is 1. The van der Waals surface area contributed by atoms with Crippen molar-refractivity contribution in [2.75, 3.05) is 0 Å². The van der Waals surface area contributed by atoms with E-state index in [1.165, 1.54) is 12.1 Å². The Hall–Kier alpha value is -0.480. The lowest BCUT2D eigenvalue weighted by Gasteiger charge is -2.23. The Morgan fingerprint density at radius 2 is 1.83 bits per heavy atom. The molecular formula is C14H20BrF2N. The average molecular weight is 320 g/mol. The van der Waals surface area contributed by atoms with Gasteiger partial charge in [-0.1, -0.05) is 26.7 Å². The smallest absolute Gasteiger partial charge is 0.144 e. The zero-order valence-electron chi connectivity index (χ0n) is 11.1. The zero-order valence-corrected chi connectivity index (χ0v) is 12.7. The summed E-state index contributed by atoms with van der Waals surface area (Å²) in [6.45, 7) is 6.54. The topological polar surface area (TPSA) is 12.0 Å². The van der Waals surface area contributed by atoms with E-state index in [1.54, 1.807) is 0 Å². The van der Waals surface area contributed by atoms with Crippen molar-refractivity contribution in [3.8, 4) is 0 Å². The second kappa shape index (κ2) is 7.19. The molecule has 1 aromatic carbocycles. The lowest BCUT2D eigenvalue weighted by molar-refractivity contribution is 0.348. The van der Waals surface area contributed by atoms with Gasteiger partial charge in [-0.3, -0.25) is 0 Å². The van der Waals surface area contributed by atoms with Crippen LogP contribution in [-0.4, -0.2) is 6.04 Å². The molecule has 0 amide bonds. The second-order valence-electron chi connectivity index (χ2n) is 4.57. The van der Waals surface area contributed by atoms with E-state index in [9.17, 15) is 8.78 Å². The van der Waals surface area contributed by atoms with E-state index in [4.69, 9.17) is 0 Å². The van der Waals surface area contributed by atoms with Crippen molar-refractivity contribution < 1.29 is 8.78 Å². The first-order valence-corrected chi connectivity index (χ1v) is 7.16. The summed E-state index contributed by atoms with van der Waals surface area (Å²) in [6, 6.07) is 2.92. The SMILES string of the molecule is CCC(CC)C(C)NCc1c(F)ccc(Br)c1F. The van der Waals surface area contributed by atoms with Crippen LogP contribution >= 0.6 is 15.9 Å². The molecule has 0 heterocycles. The highest BCUT2D eigenvalue weighted by atomic mass is 79.9. The number of hydrogen-bond acceptors (Lipinski definition) is 1. The molecule has 4 heteroatoms. The van der Waals surface area contributed by atoms with Gasteiger partial charge in [-0.25, -0.2) is 8.78 Å². The first-order valence-electron chi connectivity index (χ1n) is 6.36. The van der Waals surface area contributed by atoms with Gasteiger partial charge in [0.05, 0.1) is 4.47 Å². The first-order chi connectivity index (χ1) is 8.51. The van der Waals surface area contributed by atoms with E-state index in [0.29, 0.717) is 10.4 Å². The van der Waals surface area contributed by atoms with Crippen LogP contribution in [0.2, 0.25) is 0 Å². The van der Waals surface area contributed by atoms with Crippen LogP contribution in [0.4, 0.5) is 8.78 Å². The molecule has 0 spiro atoms. The summed E-state index contributed by atoms with van der Waals surface area (Å²) < 4.78 is 27.6. The fraction of sp³-hybridized carbons (Fsp3) is 0.571. The summed E-state index contributed by atoms with van der Waals surface area (Å²) in [6.07, 6.45) is 2.13.